The number of rotatable bonds is 4. The van der Waals surface area contributed by atoms with Crippen LogP contribution in [0.1, 0.15) is 79.5 Å². The van der Waals surface area contributed by atoms with Gasteiger partial charge in [0.2, 0.25) is 0 Å². The second-order valence-corrected chi connectivity index (χ2v) is 7.57. The van der Waals surface area contributed by atoms with Gasteiger partial charge in [-0.2, -0.15) is 13.2 Å². The maximum Gasteiger partial charge on any atom is 0.399 e. The van der Waals surface area contributed by atoms with Gasteiger partial charge in [0.05, 0.1) is 5.92 Å². The molecule has 0 aromatic heterocycles. The molecule has 1 nitrogen and oxygen atoms in total. The molecule has 172 valence electrons. The van der Waals surface area contributed by atoms with Crippen molar-refractivity contribution < 1.29 is 13.2 Å². The van der Waals surface area contributed by atoms with Gasteiger partial charge in [0.1, 0.15) is 0 Å². The number of alkyl halides is 3. The highest BCUT2D eigenvalue weighted by atomic mass is 35.5. The second kappa shape index (κ2) is 12.3. The van der Waals surface area contributed by atoms with Crippen molar-refractivity contribution in [2.45, 2.75) is 72.5 Å². The van der Waals surface area contributed by atoms with Gasteiger partial charge in [0, 0.05) is 11.1 Å². The van der Waals surface area contributed by atoms with Crippen LogP contribution in [0.3, 0.4) is 0 Å². The minimum Gasteiger partial charge on any atom is -0.313 e. The van der Waals surface area contributed by atoms with Gasteiger partial charge in [-0.3, -0.25) is 0 Å². The number of aryl methyl sites for hydroxylation is 2. The van der Waals surface area contributed by atoms with Crippen LogP contribution in [-0.4, -0.2) is 13.2 Å². The molecule has 0 spiro atoms. The lowest BCUT2D eigenvalue weighted by molar-refractivity contribution is -0.139. The third-order valence-corrected chi connectivity index (χ3v) is 5.81. The van der Waals surface area contributed by atoms with Gasteiger partial charge in [-0.25, -0.2) is 0 Å². The third kappa shape index (κ3) is 6.85. The highest BCUT2D eigenvalue weighted by molar-refractivity contribution is 6.31. The quantitative estimate of drug-likeness (QED) is 0.488. The van der Waals surface area contributed by atoms with E-state index in [1.807, 2.05) is 59.9 Å². The van der Waals surface area contributed by atoms with E-state index in [1.54, 1.807) is 19.1 Å². The molecule has 0 amide bonds. The minimum absolute atomic E-state index is 0.170. The summed E-state index contributed by atoms with van der Waals surface area (Å²) in [4.78, 5) is 0. The Morgan fingerprint density at radius 1 is 1.06 bits per heavy atom. The molecular formula is C26H35ClF3N. The van der Waals surface area contributed by atoms with Gasteiger partial charge in [-0.1, -0.05) is 75.7 Å². The maximum absolute atomic E-state index is 13.7. The average Bonchev–Trinajstić information content (AvgIpc) is 3.16. The van der Waals surface area contributed by atoms with E-state index >= 15 is 0 Å². The van der Waals surface area contributed by atoms with Crippen molar-refractivity contribution in [2.75, 3.05) is 7.05 Å². The Balaban J connectivity index is 0.00000113. The fourth-order valence-electron chi connectivity index (χ4n) is 3.68. The van der Waals surface area contributed by atoms with Crippen molar-refractivity contribution in [3.8, 4) is 0 Å². The number of benzene rings is 2. The molecule has 31 heavy (non-hydrogen) atoms. The number of halogens is 4. The molecule has 2 aromatic rings. The molecule has 1 aliphatic rings. The summed E-state index contributed by atoms with van der Waals surface area (Å²) in [5, 5.41) is 3.63. The first-order chi connectivity index (χ1) is 14.7. The predicted molar refractivity (Wildman–Crippen MR) is 128 cm³/mol. The molecule has 1 N–H and O–H groups in total. The Labute approximate surface area is 190 Å². The van der Waals surface area contributed by atoms with E-state index in [-0.39, 0.29) is 5.56 Å². The van der Waals surface area contributed by atoms with Crippen molar-refractivity contribution >= 4 is 17.7 Å². The third-order valence-electron chi connectivity index (χ3n) is 5.41. The van der Waals surface area contributed by atoms with Crippen molar-refractivity contribution in [1.29, 1.82) is 0 Å². The van der Waals surface area contributed by atoms with Crippen LogP contribution in [0.4, 0.5) is 13.2 Å². The first kappa shape index (κ1) is 27.3. The van der Waals surface area contributed by atoms with Crippen molar-refractivity contribution in [1.82, 2.24) is 5.32 Å². The molecule has 0 radical (unpaired) electrons. The lowest BCUT2D eigenvalue weighted by Gasteiger charge is -2.19. The zero-order valence-electron chi connectivity index (χ0n) is 19.6. The topological polar surface area (TPSA) is 12.0 Å². The first-order valence-electron chi connectivity index (χ1n) is 11.0. The summed E-state index contributed by atoms with van der Waals surface area (Å²) in [5.41, 5.74) is 4.97. The van der Waals surface area contributed by atoms with Crippen LogP contribution in [0, 0.1) is 13.8 Å². The summed E-state index contributed by atoms with van der Waals surface area (Å²) in [6.45, 7) is 11.6. The standard InChI is InChI=1S/C22H23ClF3N.2C2H6/c1-13-10-17(12-20(23)14(13)2)19(22(24,25)26)8-5-15-4-7-18-16(11-15)6-9-21(18)27-3;2*1-2/h4-5,7-8,10-12,19,21,27H,6,9H2,1-3H3;2*1-2H3/b8-5+;;. The van der Waals surface area contributed by atoms with Gasteiger partial charge in [0.25, 0.3) is 0 Å². The molecule has 2 atom stereocenters. The van der Waals surface area contributed by atoms with E-state index in [1.165, 1.54) is 23.3 Å². The summed E-state index contributed by atoms with van der Waals surface area (Å²) >= 11 is 6.12. The monoisotopic (exact) mass is 453 g/mol. The number of hydrogen-bond donors (Lipinski definition) is 1. The maximum atomic E-state index is 13.7. The van der Waals surface area contributed by atoms with Crippen LogP contribution in [0.25, 0.3) is 6.08 Å². The molecule has 3 rings (SSSR count). The van der Waals surface area contributed by atoms with E-state index in [9.17, 15) is 13.2 Å². The number of nitrogens with one attached hydrogen (secondary N) is 1. The highest BCUT2D eigenvalue weighted by Crippen LogP contribution is 2.39. The summed E-state index contributed by atoms with van der Waals surface area (Å²) in [5.74, 6) is -1.69. The number of fused-ring (bicyclic) bond motifs is 1. The molecule has 0 aliphatic heterocycles. The van der Waals surface area contributed by atoms with Crippen LogP contribution < -0.4 is 5.32 Å². The van der Waals surface area contributed by atoms with E-state index in [0.717, 1.165) is 29.5 Å². The smallest absolute Gasteiger partial charge is 0.313 e. The lowest BCUT2D eigenvalue weighted by atomic mass is 9.93. The fourth-order valence-corrected chi connectivity index (χ4v) is 3.95. The second-order valence-electron chi connectivity index (χ2n) is 7.16. The van der Waals surface area contributed by atoms with E-state index in [4.69, 9.17) is 11.6 Å². The van der Waals surface area contributed by atoms with Gasteiger partial charge in [-0.05, 0) is 73.2 Å². The van der Waals surface area contributed by atoms with Crippen LogP contribution in [-0.2, 0) is 6.42 Å². The number of allylic oxidation sites excluding steroid dienone is 1. The molecule has 0 bridgehead atoms. The minimum atomic E-state index is -4.38. The fraction of sp³-hybridized carbons (Fsp3) is 0.462. The van der Waals surface area contributed by atoms with Gasteiger partial charge < -0.3 is 5.32 Å². The molecule has 0 heterocycles. The molecule has 0 fully saturated rings. The zero-order valence-corrected chi connectivity index (χ0v) is 20.4. The van der Waals surface area contributed by atoms with Crippen LogP contribution in [0.15, 0.2) is 36.4 Å². The molecule has 1 aliphatic carbocycles. The zero-order chi connectivity index (χ0) is 23.8. The Morgan fingerprint density at radius 2 is 1.71 bits per heavy atom. The average molecular weight is 454 g/mol. The van der Waals surface area contributed by atoms with Crippen molar-refractivity contribution in [3.05, 3.63) is 74.8 Å². The van der Waals surface area contributed by atoms with Gasteiger partial charge >= 0.3 is 6.18 Å². The molecule has 5 heteroatoms. The first-order valence-corrected chi connectivity index (χ1v) is 11.4. The normalized spacial score (nSPS) is 16.2. The van der Waals surface area contributed by atoms with E-state index < -0.39 is 12.1 Å². The molecule has 2 unspecified atom stereocenters. The molecular weight excluding hydrogens is 419 g/mol. The van der Waals surface area contributed by atoms with E-state index in [0.29, 0.717) is 11.1 Å². The van der Waals surface area contributed by atoms with Gasteiger partial charge in [-0.15, -0.1) is 0 Å². The predicted octanol–water partition coefficient (Wildman–Crippen LogP) is 8.58. The molecule has 0 saturated heterocycles. The summed E-state index contributed by atoms with van der Waals surface area (Å²) < 4.78 is 41.1. The Bertz CT molecular complexity index is 848. The van der Waals surface area contributed by atoms with Crippen LogP contribution in [0.2, 0.25) is 5.02 Å². The Morgan fingerprint density at radius 3 is 2.26 bits per heavy atom. The number of hydrogen-bond acceptors (Lipinski definition) is 1. The molecule has 0 saturated carbocycles. The molecule has 2 aromatic carbocycles. The largest absolute Gasteiger partial charge is 0.399 e. The van der Waals surface area contributed by atoms with Crippen molar-refractivity contribution in [3.63, 3.8) is 0 Å². The van der Waals surface area contributed by atoms with E-state index in [2.05, 4.69) is 5.32 Å². The van der Waals surface area contributed by atoms with Crippen LogP contribution >= 0.6 is 11.6 Å². The summed E-state index contributed by atoms with van der Waals surface area (Å²) in [6.07, 6.45) is 0.375. The summed E-state index contributed by atoms with van der Waals surface area (Å²) in [6, 6.07) is 9.21. The summed E-state index contributed by atoms with van der Waals surface area (Å²) in [7, 11) is 1.93. The Kier molecular flexibility index (Phi) is 10.8. The highest BCUT2D eigenvalue weighted by Gasteiger charge is 2.39. The lowest BCUT2D eigenvalue weighted by Crippen LogP contribution is -2.19. The van der Waals surface area contributed by atoms with Crippen LogP contribution in [0.5, 0.6) is 0 Å². The Hall–Kier alpha value is -1.78. The van der Waals surface area contributed by atoms with Crippen molar-refractivity contribution in [2.24, 2.45) is 0 Å². The van der Waals surface area contributed by atoms with Gasteiger partial charge in [0.15, 0.2) is 0 Å². The SMILES string of the molecule is CC.CC.CNC1CCc2cc(/C=C/C(c3cc(C)c(C)c(Cl)c3)C(F)(F)F)ccc21.